The Kier molecular flexibility index (Phi) is 5.06. The summed E-state index contributed by atoms with van der Waals surface area (Å²) in [6.07, 6.45) is 2.33. The second-order valence-corrected chi connectivity index (χ2v) is 8.18. The van der Waals surface area contributed by atoms with Gasteiger partial charge in [0.1, 0.15) is 11.4 Å². The molecule has 1 heterocycles. The zero-order valence-corrected chi connectivity index (χ0v) is 17.7. The molecule has 1 fully saturated rings. The second kappa shape index (κ2) is 7.32. The zero-order chi connectivity index (χ0) is 21.7. The van der Waals surface area contributed by atoms with E-state index in [9.17, 15) is 9.90 Å². The summed E-state index contributed by atoms with van der Waals surface area (Å²) in [4.78, 5) is 12.0. The third-order valence-electron chi connectivity index (χ3n) is 6.98. The number of allylic oxidation sites excluding steroid dienone is 1. The number of benzene rings is 1. The highest BCUT2D eigenvalue weighted by Gasteiger charge is 2.73. The fourth-order valence-electron chi connectivity index (χ4n) is 5.71. The summed E-state index contributed by atoms with van der Waals surface area (Å²) >= 11 is 0. The molecule has 2 bridgehead atoms. The van der Waals surface area contributed by atoms with Gasteiger partial charge >= 0.3 is 5.97 Å². The van der Waals surface area contributed by atoms with E-state index < -0.39 is 29.2 Å². The Bertz CT molecular complexity index is 894. The number of carbonyl (C=O) groups excluding carboxylic acids is 1. The van der Waals surface area contributed by atoms with Crippen LogP contribution in [0.3, 0.4) is 0 Å². The van der Waals surface area contributed by atoms with Crippen LogP contribution in [0.2, 0.25) is 0 Å². The van der Waals surface area contributed by atoms with E-state index in [1.807, 2.05) is 24.3 Å². The Hall–Kier alpha value is -2.51. The molecule has 0 radical (unpaired) electrons. The standard InChI is InChI=1S/C23H28O7/c1-6-9-22-11-18(26-4)20(30-14(3)24)23(27-5,21(22)25)19(13(22)2)15-7-8-16-17(10-15)29-12-28-16/h6-8,10-11,13,19-21,25H,1,9,12H2,2-5H3/t13-,19+,20+,21-,22+,23-/m0/s1. The van der Waals surface area contributed by atoms with E-state index in [1.54, 1.807) is 6.08 Å². The number of esters is 1. The normalized spacial score (nSPS) is 36.2. The third kappa shape index (κ3) is 2.61. The Morgan fingerprint density at radius 3 is 2.70 bits per heavy atom. The van der Waals surface area contributed by atoms with E-state index in [0.29, 0.717) is 23.7 Å². The number of methoxy groups -OCH3 is 2. The van der Waals surface area contributed by atoms with Gasteiger partial charge in [-0.1, -0.05) is 19.1 Å². The zero-order valence-electron chi connectivity index (χ0n) is 17.7. The van der Waals surface area contributed by atoms with Crippen LogP contribution < -0.4 is 9.47 Å². The van der Waals surface area contributed by atoms with Crippen LogP contribution in [0.15, 0.2) is 42.7 Å². The van der Waals surface area contributed by atoms with E-state index in [0.717, 1.165) is 5.56 Å². The topological polar surface area (TPSA) is 83.5 Å². The molecule has 3 aliphatic rings. The smallest absolute Gasteiger partial charge is 0.303 e. The summed E-state index contributed by atoms with van der Waals surface area (Å²) in [6.45, 7) is 7.48. The molecule has 7 nitrogen and oxygen atoms in total. The quantitative estimate of drug-likeness (QED) is 0.564. The van der Waals surface area contributed by atoms with Crippen molar-refractivity contribution in [2.45, 2.75) is 44.0 Å². The average Bonchev–Trinajstić information content (AvgIpc) is 3.23. The SMILES string of the molecule is C=CC[C@@]12C=C(OC)[C@@H](OC(C)=O)[C@@](OC)([C@@H](c3ccc4c(c3)OCO4)[C@@H]1C)[C@H]2O. The molecule has 30 heavy (non-hydrogen) atoms. The maximum atomic E-state index is 12.0. The molecule has 4 rings (SSSR count). The van der Waals surface area contributed by atoms with E-state index in [1.165, 1.54) is 21.1 Å². The molecule has 1 N–H and O–H groups in total. The maximum absolute atomic E-state index is 12.0. The van der Waals surface area contributed by atoms with Gasteiger partial charge in [-0.2, -0.15) is 0 Å². The minimum Gasteiger partial charge on any atom is -0.497 e. The Morgan fingerprint density at radius 1 is 1.33 bits per heavy atom. The van der Waals surface area contributed by atoms with E-state index in [4.69, 9.17) is 23.7 Å². The third-order valence-corrected chi connectivity index (χ3v) is 6.98. The van der Waals surface area contributed by atoms with Crippen molar-refractivity contribution in [3.05, 3.63) is 48.3 Å². The minimum atomic E-state index is -1.25. The molecule has 7 heteroatoms. The van der Waals surface area contributed by atoms with Crippen molar-refractivity contribution in [1.29, 1.82) is 0 Å². The van der Waals surface area contributed by atoms with Crippen LogP contribution in [0.5, 0.6) is 11.5 Å². The molecule has 1 aromatic rings. The lowest BCUT2D eigenvalue weighted by molar-refractivity contribution is -0.199. The van der Waals surface area contributed by atoms with Crippen molar-refractivity contribution in [3.63, 3.8) is 0 Å². The van der Waals surface area contributed by atoms with E-state index in [-0.39, 0.29) is 18.6 Å². The Labute approximate surface area is 176 Å². The molecule has 1 aliphatic heterocycles. The van der Waals surface area contributed by atoms with Gasteiger partial charge in [0.05, 0.1) is 13.2 Å². The maximum Gasteiger partial charge on any atom is 0.303 e. The van der Waals surface area contributed by atoms with Crippen molar-refractivity contribution in [1.82, 2.24) is 0 Å². The van der Waals surface area contributed by atoms with Crippen LogP contribution in [0.4, 0.5) is 0 Å². The predicted molar refractivity (Wildman–Crippen MR) is 108 cm³/mol. The van der Waals surface area contributed by atoms with Crippen molar-refractivity contribution in [3.8, 4) is 11.5 Å². The van der Waals surface area contributed by atoms with Gasteiger partial charge < -0.3 is 28.8 Å². The molecule has 1 saturated carbocycles. The van der Waals surface area contributed by atoms with Crippen molar-refractivity contribution >= 4 is 5.97 Å². The molecule has 2 aliphatic carbocycles. The van der Waals surface area contributed by atoms with Crippen molar-refractivity contribution < 1.29 is 33.6 Å². The van der Waals surface area contributed by atoms with Crippen LogP contribution in [0, 0.1) is 11.3 Å². The van der Waals surface area contributed by atoms with Gasteiger partial charge in [0.15, 0.2) is 17.6 Å². The van der Waals surface area contributed by atoms with Gasteiger partial charge in [-0.05, 0) is 36.1 Å². The predicted octanol–water partition coefficient (Wildman–Crippen LogP) is 2.93. The van der Waals surface area contributed by atoms with Crippen molar-refractivity contribution in [2.75, 3.05) is 21.0 Å². The molecule has 0 amide bonds. The van der Waals surface area contributed by atoms with Crippen molar-refractivity contribution in [2.24, 2.45) is 11.3 Å². The van der Waals surface area contributed by atoms with E-state index >= 15 is 0 Å². The lowest BCUT2D eigenvalue weighted by atomic mass is 9.69. The van der Waals surface area contributed by atoms with Crippen LogP contribution in [-0.2, 0) is 19.0 Å². The van der Waals surface area contributed by atoms with Gasteiger partial charge in [0.25, 0.3) is 0 Å². The number of rotatable bonds is 6. The van der Waals surface area contributed by atoms with Crippen LogP contribution in [-0.4, -0.2) is 49.9 Å². The largest absolute Gasteiger partial charge is 0.497 e. The van der Waals surface area contributed by atoms with Gasteiger partial charge in [-0.15, -0.1) is 6.58 Å². The number of aliphatic hydroxyl groups excluding tert-OH is 1. The van der Waals surface area contributed by atoms with Gasteiger partial charge in [0, 0.05) is 25.4 Å². The molecular formula is C23H28O7. The second-order valence-electron chi connectivity index (χ2n) is 8.18. The summed E-state index contributed by atoms with van der Waals surface area (Å²) in [6, 6.07) is 5.71. The first-order valence-corrected chi connectivity index (χ1v) is 10.0. The number of hydrogen-bond acceptors (Lipinski definition) is 7. The molecule has 0 spiro atoms. The Morgan fingerprint density at radius 2 is 2.07 bits per heavy atom. The molecular weight excluding hydrogens is 388 g/mol. The molecule has 0 unspecified atom stereocenters. The summed E-state index contributed by atoms with van der Waals surface area (Å²) < 4.78 is 28.5. The van der Waals surface area contributed by atoms with Gasteiger partial charge in [-0.3, -0.25) is 4.79 Å². The lowest BCUT2D eigenvalue weighted by Gasteiger charge is -2.47. The molecule has 162 valence electrons. The number of aliphatic hydroxyl groups is 1. The first-order valence-electron chi connectivity index (χ1n) is 10.0. The lowest BCUT2D eigenvalue weighted by Crippen LogP contribution is -2.60. The number of carbonyl (C=O) groups is 1. The molecule has 0 saturated heterocycles. The molecule has 6 atom stereocenters. The fraction of sp³-hybridized carbons (Fsp3) is 0.522. The number of ether oxygens (including phenoxy) is 5. The highest BCUT2D eigenvalue weighted by Crippen LogP contribution is 2.65. The Balaban J connectivity index is 1.94. The summed E-state index contributed by atoms with van der Waals surface area (Å²) in [5, 5.41) is 11.7. The average molecular weight is 416 g/mol. The summed E-state index contributed by atoms with van der Waals surface area (Å²) in [5.74, 6) is 0.897. The highest BCUT2D eigenvalue weighted by atomic mass is 16.7. The fourth-order valence-corrected chi connectivity index (χ4v) is 5.71. The first-order chi connectivity index (χ1) is 14.4. The van der Waals surface area contributed by atoms with Gasteiger partial charge in [0.2, 0.25) is 6.79 Å². The van der Waals surface area contributed by atoms with Crippen LogP contribution in [0.25, 0.3) is 0 Å². The summed E-state index contributed by atoms with van der Waals surface area (Å²) in [5.41, 5.74) is -1.04. The molecule has 1 aromatic carbocycles. The van der Waals surface area contributed by atoms with Crippen LogP contribution >= 0.6 is 0 Å². The number of hydrogen-bond donors (Lipinski definition) is 1. The highest BCUT2D eigenvalue weighted by molar-refractivity contribution is 5.67. The monoisotopic (exact) mass is 416 g/mol. The summed E-state index contributed by atoms with van der Waals surface area (Å²) in [7, 11) is 3.07. The van der Waals surface area contributed by atoms with Crippen LogP contribution in [0.1, 0.15) is 31.7 Å². The first kappa shape index (κ1) is 20.8. The number of fused-ring (bicyclic) bond motifs is 3. The van der Waals surface area contributed by atoms with Gasteiger partial charge in [-0.25, -0.2) is 0 Å². The minimum absolute atomic E-state index is 0.0865. The molecule has 0 aromatic heterocycles. The van der Waals surface area contributed by atoms with E-state index in [2.05, 4.69) is 13.5 Å².